The molecule has 0 spiro atoms. The van der Waals surface area contributed by atoms with E-state index in [-0.39, 0.29) is 22.7 Å². The number of thioether (sulfide) groups is 1. The number of benzene rings is 1. The largest absolute Gasteiger partial charge is 0.446 e. The van der Waals surface area contributed by atoms with E-state index in [1.54, 1.807) is 25.3 Å². The topological polar surface area (TPSA) is 47.3 Å². The van der Waals surface area contributed by atoms with Crippen LogP contribution in [0.4, 0.5) is 18.9 Å². The summed E-state index contributed by atoms with van der Waals surface area (Å²) in [5.41, 5.74) is 1.62. The Hall–Kier alpha value is -0.920. The number of methoxy groups -OCH3 is 1. The molecule has 0 aliphatic carbocycles. The minimum absolute atomic E-state index is 0.0569. The van der Waals surface area contributed by atoms with Gasteiger partial charge in [0.05, 0.1) is 6.61 Å². The molecule has 0 saturated carbocycles. The molecular weight excluding hydrogens is 289 g/mol. The van der Waals surface area contributed by atoms with Gasteiger partial charge in [-0.1, -0.05) is 12.1 Å². The molecule has 0 aliphatic heterocycles. The lowest BCUT2D eigenvalue weighted by atomic mass is 10.1. The van der Waals surface area contributed by atoms with Crippen molar-refractivity contribution < 1.29 is 17.9 Å². The Bertz CT molecular complexity index is 401. The van der Waals surface area contributed by atoms with Crippen LogP contribution < -0.4 is 11.1 Å². The summed E-state index contributed by atoms with van der Waals surface area (Å²) in [6, 6.07) is 6.32. The second-order valence-corrected chi connectivity index (χ2v) is 5.38. The average molecular weight is 308 g/mol. The molecule has 1 unspecified atom stereocenters. The third kappa shape index (κ3) is 6.49. The maximum absolute atomic E-state index is 12.5. The van der Waals surface area contributed by atoms with Gasteiger partial charge in [0.1, 0.15) is 0 Å². The quantitative estimate of drug-likeness (QED) is 0.722. The first-order chi connectivity index (χ1) is 9.46. The maximum Gasteiger partial charge on any atom is 0.446 e. The van der Waals surface area contributed by atoms with Gasteiger partial charge >= 0.3 is 5.51 Å². The van der Waals surface area contributed by atoms with Crippen LogP contribution in [0.2, 0.25) is 0 Å². The molecule has 0 aliphatic rings. The minimum Gasteiger partial charge on any atom is -0.383 e. The summed E-state index contributed by atoms with van der Waals surface area (Å²) in [5.74, 6) is 0. The molecule has 1 aromatic rings. The molecule has 7 heteroatoms. The number of nitrogens with one attached hydrogen (secondary N) is 1. The van der Waals surface area contributed by atoms with Gasteiger partial charge in [0.2, 0.25) is 0 Å². The molecule has 0 amide bonds. The van der Waals surface area contributed by atoms with Crippen LogP contribution in [0.25, 0.3) is 0 Å². The molecule has 0 heterocycles. The van der Waals surface area contributed by atoms with Gasteiger partial charge in [0.25, 0.3) is 0 Å². The van der Waals surface area contributed by atoms with E-state index in [2.05, 4.69) is 5.32 Å². The van der Waals surface area contributed by atoms with Crippen molar-refractivity contribution >= 4 is 17.4 Å². The molecule has 1 rings (SSSR count). The van der Waals surface area contributed by atoms with Crippen LogP contribution in [0.5, 0.6) is 0 Å². The Labute approximate surface area is 121 Å². The molecule has 3 nitrogen and oxygen atoms in total. The fourth-order valence-corrected chi connectivity index (χ4v) is 2.41. The third-order valence-corrected chi connectivity index (χ3v) is 3.40. The molecule has 1 aromatic carbocycles. The number of alkyl halides is 3. The van der Waals surface area contributed by atoms with Gasteiger partial charge in [0, 0.05) is 23.7 Å². The van der Waals surface area contributed by atoms with Crippen molar-refractivity contribution in [2.24, 2.45) is 5.73 Å². The standard InChI is InChI=1S/C13H19F3N2OS/c1-19-9-10(5-4-8-17)18-11-6-2-3-7-12(11)20-13(14,15)16/h2-3,6-7,10,18H,4-5,8-9,17H2,1H3. The Kier molecular flexibility index (Phi) is 7.18. The number of anilines is 1. The van der Waals surface area contributed by atoms with Crippen molar-refractivity contribution in [1.29, 1.82) is 0 Å². The first-order valence-corrected chi connectivity index (χ1v) is 7.08. The van der Waals surface area contributed by atoms with Crippen LogP contribution >= 0.6 is 11.8 Å². The zero-order chi connectivity index (χ0) is 15.0. The second kappa shape index (κ2) is 8.39. The summed E-state index contributed by atoms with van der Waals surface area (Å²) >= 11 is -0.117. The second-order valence-electron chi connectivity index (χ2n) is 4.27. The van der Waals surface area contributed by atoms with Crippen LogP contribution in [-0.2, 0) is 4.74 Å². The normalized spacial score (nSPS) is 13.2. The minimum atomic E-state index is -4.30. The van der Waals surface area contributed by atoms with Crippen LogP contribution in [-0.4, -0.2) is 31.8 Å². The molecule has 0 fully saturated rings. The summed E-state index contributed by atoms with van der Waals surface area (Å²) < 4.78 is 42.6. The zero-order valence-corrected chi connectivity index (χ0v) is 12.1. The maximum atomic E-state index is 12.5. The zero-order valence-electron chi connectivity index (χ0n) is 11.2. The van der Waals surface area contributed by atoms with Crippen molar-refractivity contribution in [2.45, 2.75) is 29.3 Å². The molecule has 0 radical (unpaired) electrons. The Balaban J connectivity index is 2.78. The highest BCUT2D eigenvalue weighted by atomic mass is 32.2. The summed E-state index contributed by atoms with van der Waals surface area (Å²) in [6.07, 6.45) is 1.53. The number of para-hydroxylation sites is 1. The van der Waals surface area contributed by atoms with Crippen molar-refractivity contribution in [3.63, 3.8) is 0 Å². The van der Waals surface area contributed by atoms with E-state index >= 15 is 0 Å². The van der Waals surface area contributed by atoms with Crippen LogP contribution in [0.15, 0.2) is 29.2 Å². The molecule has 0 saturated heterocycles. The summed E-state index contributed by atoms with van der Waals surface area (Å²) in [6.45, 7) is 0.964. The summed E-state index contributed by atoms with van der Waals surface area (Å²) in [5, 5.41) is 3.10. The fraction of sp³-hybridized carbons (Fsp3) is 0.538. The van der Waals surface area contributed by atoms with Gasteiger partial charge in [-0.2, -0.15) is 13.2 Å². The molecule has 3 N–H and O–H groups in total. The van der Waals surface area contributed by atoms with E-state index in [1.165, 1.54) is 6.07 Å². The van der Waals surface area contributed by atoms with Crippen molar-refractivity contribution in [3.05, 3.63) is 24.3 Å². The Morgan fingerprint density at radius 3 is 2.65 bits per heavy atom. The van der Waals surface area contributed by atoms with Crippen molar-refractivity contribution in [3.8, 4) is 0 Å². The molecule has 114 valence electrons. The highest BCUT2D eigenvalue weighted by molar-refractivity contribution is 8.00. The van der Waals surface area contributed by atoms with Gasteiger partial charge < -0.3 is 15.8 Å². The van der Waals surface area contributed by atoms with E-state index in [1.807, 2.05) is 0 Å². The van der Waals surface area contributed by atoms with Crippen LogP contribution in [0.3, 0.4) is 0 Å². The molecule has 0 bridgehead atoms. The monoisotopic (exact) mass is 308 g/mol. The first kappa shape index (κ1) is 17.1. The van der Waals surface area contributed by atoms with Gasteiger partial charge in [-0.05, 0) is 43.3 Å². The number of hydrogen-bond acceptors (Lipinski definition) is 4. The van der Waals surface area contributed by atoms with Gasteiger partial charge in [-0.25, -0.2) is 0 Å². The molecule has 0 aromatic heterocycles. The van der Waals surface area contributed by atoms with E-state index in [9.17, 15) is 13.2 Å². The Morgan fingerprint density at radius 2 is 2.05 bits per heavy atom. The van der Waals surface area contributed by atoms with Gasteiger partial charge in [-0.15, -0.1) is 0 Å². The van der Waals surface area contributed by atoms with Gasteiger partial charge in [-0.3, -0.25) is 0 Å². The highest BCUT2D eigenvalue weighted by Crippen LogP contribution is 2.40. The lowest BCUT2D eigenvalue weighted by Crippen LogP contribution is -2.26. The van der Waals surface area contributed by atoms with Gasteiger partial charge in [0.15, 0.2) is 0 Å². The predicted octanol–water partition coefficient (Wildman–Crippen LogP) is 3.46. The third-order valence-electron chi connectivity index (χ3n) is 2.60. The van der Waals surface area contributed by atoms with E-state index in [0.29, 0.717) is 18.8 Å². The van der Waals surface area contributed by atoms with Crippen LogP contribution in [0, 0.1) is 0 Å². The fourth-order valence-electron chi connectivity index (χ4n) is 1.78. The number of rotatable bonds is 8. The molecular formula is C13H19F3N2OS. The highest BCUT2D eigenvalue weighted by Gasteiger charge is 2.30. The first-order valence-electron chi connectivity index (χ1n) is 6.26. The lowest BCUT2D eigenvalue weighted by Gasteiger charge is -2.21. The lowest BCUT2D eigenvalue weighted by molar-refractivity contribution is -0.0327. The number of ether oxygens (including phenoxy) is 1. The average Bonchev–Trinajstić information content (AvgIpc) is 2.37. The number of halogens is 3. The number of nitrogens with two attached hydrogens (primary N) is 1. The van der Waals surface area contributed by atoms with E-state index < -0.39 is 5.51 Å². The smallest absolute Gasteiger partial charge is 0.383 e. The molecule has 20 heavy (non-hydrogen) atoms. The number of hydrogen-bond donors (Lipinski definition) is 2. The predicted molar refractivity (Wildman–Crippen MR) is 75.9 cm³/mol. The summed E-state index contributed by atoms with van der Waals surface area (Å²) in [7, 11) is 1.56. The van der Waals surface area contributed by atoms with Crippen molar-refractivity contribution in [2.75, 3.05) is 25.6 Å². The van der Waals surface area contributed by atoms with Crippen LogP contribution in [0.1, 0.15) is 12.8 Å². The van der Waals surface area contributed by atoms with E-state index in [4.69, 9.17) is 10.5 Å². The Morgan fingerprint density at radius 1 is 1.35 bits per heavy atom. The van der Waals surface area contributed by atoms with Crippen molar-refractivity contribution in [1.82, 2.24) is 0 Å². The molecule has 1 atom stereocenters. The summed E-state index contributed by atoms with van der Waals surface area (Å²) in [4.78, 5) is 0.161. The van der Waals surface area contributed by atoms with E-state index in [0.717, 1.165) is 12.8 Å². The SMILES string of the molecule is COCC(CCCN)Nc1ccccc1SC(F)(F)F.